The highest BCUT2D eigenvalue weighted by atomic mass is 32.2. The molecule has 2 heteroatoms. The fourth-order valence-corrected chi connectivity index (χ4v) is 2.64. The second-order valence-corrected chi connectivity index (χ2v) is 5.97. The third-order valence-corrected chi connectivity index (χ3v) is 4.16. The van der Waals surface area contributed by atoms with Gasteiger partial charge < -0.3 is 0 Å². The topological polar surface area (TPSA) is 17.1 Å². The van der Waals surface area contributed by atoms with Crippen LogP contribution in [0.25, 0.3) is 0 Å². The first-order valence-corrected chi connectivity index (χ1v) is 7.67. The molecule has 0 aliphatic carbocycles. The van der Waals surface area contributed by atoms with Crippen LogP contribution in [0.4, 0.5) is 0 Å². The normalized spacial score (nSPS) is 11.2. The Morgan fingerprint density at radius 2 is 1.75 bits per heavy atom. The zero-order valence-corrected chi connectivity index (χ0v) is 12.2. The third-order valence-electron chi connectivity index (χ3n) is 2.75. The van der Waals surface area contributed by atoms with Crippen molar-refractivity contribution in [3.8, 4) is 11.8 Å². The van der Waals surface area contributed by atoms with Crippen molar-refractivity contribution in [3.63, 3.8) is 0 Å². The second-order valence-electron chi connectivity index (χ2n) is 4.52. The van der Waals surface area contributed by atoms with Crippen molar-refractivity contribution in [1.29, 1.82) is 0 Å². The first-order valence-electron chi connectivity index (χ1n) is 6.35. The van der Waals surface area contributed by atoms with Crippen molar-refractivity contribution in [2.75, 3.05) is 5.75 Å². The summed E-state index contributed by atoms with van der Waals surface area (Å²) in [5.74, 6) is 6.38. The van der Waals surface area contributed by atoms with E-state index in [2.05, 4.69) is 18.4 Å². The van der Waals surface area contributed by atoms with Gasteiger partial charge in [-0.05, 0) is 31.2 Å². The summed E-state index contributed by atoms with van der Waals surface area (Å²) < 4.78 is 12.2. The molecule has 0 bridgehead atoms. The average molecular weight is 280 g/mol. The predicted molar refractivity (Wildman–Crippen MR) is 84.9 cm³/mol. The van der Waals surface area contributed by atoms with Crippen LogP contribution in [0.2, 0.25) is 0 Å². The van der Waals surface area contributed by atoms with Crippen LogP contribution in [-0.4, -0.2) is 9.96 Å². The van der Waals surface area contributed by atoms with Crippen LogP contribution in [-0.2, 0) is 10.8 Å². The van der Waals surface area contributed by atoms with Gasteiger partial charge in [0.15, 0.2) is 0 Å². The van der Waals surface area contributed by atoms with Crippen LogP contribution in [0.1, 0.15) is 11.1 Å². The molecule has 0 saturated carbocycles. The molecule has 0 spiro atoms. The minimum Gasteiger partial charge on any atom is -0.254 e. The summed E-state index contributed by atoms with van der Waals surface area (Å²) >= 11 is 0. The van der Waals surface area contributed by atoms with Crippen molar-refractivity contribution < 1.29 is 4.21 Å². The molecular formula is C18H16OS. The minimum atomic E-state index is -1.08. The summed E-state index contributed by atoms with van der Waals surface area (Å²) in [5.41, 5.74) is 2.79. The van der Waals surface area contributed by atoms with Crippen molar-refractivity contribution in [2.45, 2.75) is 11.8 Å². The molecule has 0 aliphatic heterocycles. The summed E-state index contributed by atoms with van der Waals surface area (Å²) in [6.07, 6.45) is 0. The van der Waals surface area contributed by atoms with Gasteiger partial charge in [0.1, 0.15) is 0 Å². The van der Waals surface area contributed by atoms with Crippen LogP contribution >= 0.6 is 0 Å². The molecule has 1 nitrogen and oxygen atoms in total. The van der Waals surface area contributed by atoms with Crippen LogP contribution in [0.5, 0.6) is 0 Å². The lowest BCUT2D eigenvalue weighted by molar-refractivity contribution is 0.684. The van der Waals surface area contributed by atoms with Gasteiger partial charge in [-0.2, -0.15) is 0 Å². The van der Waals surface area contributed by atoms with Gasteiger partial charge in [-0.15, -0.1) is 0 Å². The van der Waals surface area contributed by atoms with Gasteiger partial charge in [0.2, 0.25) is 0 Å². The van der Waals surface area contributed by atoms with E-state index in [1.54, 1.807) is 0 Å². The molecule has 0 amide bonds. The number of hydrogen-bond acceptors (Lipinski definition) is 1. The maximum atomic E-state index is 12.2. The van der Waals surface area contributed by atoms with E-state index in [1.165, 1.54) is 0 Å². The van der Waals surface area contributed by atoms with Crippen LogP contribution in [0.3, 0.4) is 0 Å². The van der Waals surface area contributed by atoms with Crippen LogP contribution < -0.4 is 0 Å². The van der Waals surface area contributed by atoms with E-state index in [-0.39, 0.29) is 0 Å². The second kappa shape index (κ2) is 6.88. The van der Waals surface area contributed by atoms with Gasteiger partial charge in [0.25, 0.3) is 0 Å². The van der Waals surface area contributed by atoms with E-state index in [4.69, 9.17) is 0 Å². The number of hydrogen-bond donors (Lipinski definition) is 0. The molecule has 1 atom stereocenters. The third kappa shape index (κ3) is 4.22. The summed E-state index contributed by atoms with van der Waals surface area (Å²) in [5, 5.41) is 0. The molecular weight excluding hydrogens is 264 g/mol. The lowest BCUT2D eigenvalue weighted by Gasteiger charge is -2.01. The summed E-state index contributed by atoms with van der Waals surface area (Å²) in [7, 11) is -1.08. The Morgan fingerprint density at radius 1 is 1.10 bits per heavy atom. The van der Waals surface area contributed by atoms with E-state index in [9.17, 15) is 4.21 Å². The Labute approximate surface area is 122 Å². The fraction of sp³-hybridized carbons (Fsp3) is 0.111. The van der Waals surface area contributed by atoms with Crippen LogP contribution in [0, 0.1) is 18.8 Å². The largest absolute Gasteiger partial charge is 0.254 e. The molecule has 2 rings (SSSR count). The molecule has 2 aromatic rings. The Kier molecular flexibility index (Phi) is 4.92. The van der Waals surface area contributed by atoms with E-state index in [0.717, 1.165) is 16.0 Å². The molecule has 1 unspecified atom stereocenters. The molecule has 0 aromatic heterocycles. The van der Waals surface area contributed by atoms with Gasteiger partial charge >= 0.3 is 0 Å². The van der Waals surface area contributed by atoms with E-state index >= 15 is 0 Å². The number of rotatable bonds is 3. The van der Waals surface area contributed by atoms with Crippen molar-refractivity contribution >= 4 is 10.8 Å². The predicted octanol–water partition coefficient (Wildman–Crippen LogP) is 3.71. The summed E-state index contributed by atoms with van der Waals surface area (Å²) in [6.45, 7) is 5.90. The van der Waals surface area contributed by atoms with Gasteiger partial charge in [0, 0.05) is 16.0 Å². The first kappa shape index (κ1) is 14.3. The fourth-order valence-electron chi connectivity index (χ4n) is 1.65. The quantitative estimate of drug-likeness (QED) is 0.783. The Hall–Kier alpha value is -2.11. The maximum absolute atomic E-state index is 12.2. The highest BCUT2D eigenvalue weighted by Gasteiger charge is 2.04. The van der Waals surface area contributed by atoms with E-state index < -0.39 is 10.8 Å². The molecule has 0 fully saturated rings. The Morgan fingerprint density at radius 3 is 2.40 bits per heavy atom. The Bertz CT molecular complexity index is 673. The molecule has 2 aromatic carbocycles. The monoisotopic (exact) mass is 280 g/mol. The van der Waals surface area contributed by atoms with Gasteiger partial charge in [-0.25, -0.2) is 0 Å². The Balaban J connectivity index is 2.00. The van der Waals surface area contributed by atoms with E-state index in [0.29, 0.717) is 11.3 Å². The SMILES string of the molecule is C=C(C#Cc1ccccc1)CS(=O)c1ccc(C)cc1. The van der Waals surface area contributed by atoms with Gasteiger partial charge in [-0.1, -0.05) is 54.3 Å². The standard InChI is InChI=1S/C18H16OS/c1-15-9-12-18(13-10-15)20(19)14-16(2)8-11-17-6-4-3-5-7-17/h3-7,9-10,12-13H,2,14H2,1H3. The zero-order valence-electron chi connectivity index (χ0n) is 11.4. The molecule has 20 heavy (non-hydrogen) atoms. The summed E-state index contributed by atoms with van der Waals surface area (Å²) in [4.78, 5) is 0.818. The summed E-state index contributed by atoms with van der Waals surface area (Å²) in [6, 6.07) is 17.4. The minimum absolute atomic E-state index is 0.378. The number of aryl methyl sites for hydroxylation is 1. The molecule has 0 radical (unpaired) electrons. The first-order chi connectivity index (χ1) is 9.65. The highest BCUT2D eigenvalue weighted by Crippen LogP contribution is 2.10. The van der Waals surface area contributed by atoms with Crippen molar-refractivity contribution in [1.82, 2.24) is 0 Å². The molecule has 0 saturated heterocycles. The smallest absolute Gasteiger partial charge is 0.0606 e. The average Bonchev–Trinajstić information content (AvgIpc) is 2.47. The van der Waals surface area contributed by atoms with Crippen molar-refractivity contribution in [2.24, 2.45) is 0 Å². The molecule has 0 aliphatic rings. The maximum Gasteiger partial charge on any atom is 0.0606 e. The molecule has 0 heterocycles. The molecule has 0 N–H and O–H groups in total. The lowest BCUT2D eigenvalue weighted by Crippen LogP contribution is -1.99. The van der Waals surface area contributed by atoms with Crippen LogP contribution in [0.15, 0.2) is 71.6 Å². The van der Waals surface area contributed by atoms with Crippen molar-refractivity contribution in [3.05, 3.63) is 77.9 Å². The zero-order chi connectivity index (χ0) is 14.4. The molecule has 100 valence electrons. The highest BCUT2D eigenvalue weighted by molar-refractivity contribution is 7.85. The van der Waals surface area contributed by atoms with Gasteiger partial charge in [0.05, 0.1) is 16.6 Å². The van der Waals surface area contributed by atoms with Gasteiger partial charge in [-0.3, -0.25) is 4.21 Å². The van der Waals surface area contributed by atoms with E-state index in [1.807, 2.05) is 61.5 Å². The number of benzene rings is 2. The lowest BCUT2D eigenvalue weighted by atomic mass is 10.2.